The molecule has 0 bridgehead atoms. The van der Waals surface area contributed by atoms with Gasteiger partial charge in [-0.1, -0.05) is 48.0 Å². The average molecular weight is 384 g/mol. The summed E-state index contributed by atoms with van der Waals surface area (Å²) in [5, 5.41) is 2.21. The molecule has 26 heavy (non-hydrogen) atoms. The molecule has 130 valence electrons. The van der Waals surface area contributed by atoms with Crippen LogP contribution in [0.2, 0.25) is 5.02 Å². The van der Waals surface area contributed by atoms with Gasteiger partial charge in [0.25, 0.3) is 5.91 Å². The molecule has 0 unspecified atom stereocenters. The SMILES string of the molecule is O=C(Cc1c[nH]c2ccccc12)NNC(=O)c1sc2ccccc2c1Cl. The number of benzene rings is 2. The minimum atomic E-state index is -0.427. The van der Waals surface area contributed by atoms with Crippen molar-refractivity contribution < 1.29 is 9.59 Å². The highest BCUT2D eigenvalue weighted by atomic mass is 35.5. The zero-order valence-electron chi connectivity index (χ0n) is 13.5. The van der Waals surface area contributed by atoms with E-state index >= 15 is 0 Å². The molecule has 2 amide bonds. The summed E-state index contributed by atoms with van der Waals surface area (Å²) in [5.41, 5.74) is 6.73. The van der Waals surface area contributed by atoms with Gasteiger partial charge in [-0.3, -0.25) is 20.4 Å². The van der Waals surface area contributed by atoms with Gasteiger partial charge in [0, 0.05) is 27.2 Å². The van der Waals surface area contributed by atoms with Crippen LogP contribution < -0.4 is 10.9 Å². The van der Waals surface area contributed by atoms with Gasteiger partial charge in [0.15, 0.2) is 0 Å². The second kappa shape index (κ2) is 6.82. The molecule has 0 aliphatic carbocycles. The van der Waals surface area contributed by atoms with Crippen molar-refractivity contribution in [1.82, 2.24) is 15.8 Å². The number of hydrogen-bond acceptors (Lipinski definition) is 3. The normalized spacial score (nSPS) is 11.0. The maximum atomic E-state index is 12.3. The van der Waals surface area contributed by atoms with Crippen molar-refractivity contribution in [2.75, 3.05) is 0 Å². The number of hydrazine groups is 1. The number of thiophene rings is 1. The molecule has 4 aromatic rings. The maximum Gasteiger partial charge on any atom is 0.281 e. The highest BCUT2D eigenvalue weighted by Crippen LogP contribution is 2.34. The Labute approximate surface area is 157 Å². The predicted octanol–water partition coefficient (Wildman–Crippen LogP) is 4.04. The molecule has 7 heteroatoms. The lowest BCUT2D eigenvalue weighted by atomic mass is 10.1. The van der Waals surface area contributed by atoms with Crippen molar-refractivity contribution in [3.63, 3.8) is 0 Å². The van der Waals surface area contributed by atoms with Crippen LogP contribution in [0.4, 0.5) is 0 Å². The molecule has 2 aromatic heterocycles. The number of aromatic nitrogens is 1. The fourth-order valence-corrected chi connectivity index (χ4v) is 4.25. The fraction of sp³-hybridized carbons (Fsp3) is 0.0526. The molecule has 0 saturated heterocycles. The average Bonchev–Trinajstić information content (AvgIpc) is 3.22. The van der Waals surface area contributed by atoms with Crippen molar-refractivity contribution >= 4 is 55.7 Å². The van der Waals surface area contributed by atoms with E-state index in [1.165, 1.54) is 11.3 Å². The number of carbonyl (C=O) groups excluding carboxylic acids is 2. The maximum absolute atomic E-state index is 12.3. The topological polar surface area (TPSA) is 74.0 Å². The van der Waals surface area contributed by atoms with Gasteiger partial charge < -0.3 is 4.98 Å². The molecule has 2 aromatic carbocycles. The molecule has 0 spiro atoms. The number of amides is 2. The Kier molecular flexibility index (Phi) is 4.36. The second-order valence-corrected chi connectivity index (χ2v) is 7.21. The summed E-state index contributed by atoms with van der Waals surface area (Å²) in [6.07, 6.45) is 1.96. The third-order valence-corrected chi connectivity index (χ3v) is 5.76. The molecule has 2 heterocycles. The summed E-state index contributed by atoms with van der Waals surface area (Å²) in [7, 11) is 0. The summed E-state index contributed by atoms with van der Waals surface area (Å²) < 4.78 is 0.924. The Morgan fingerprint density at radius 2 is 1.73 bits per heavy atom. The van der Waals surface area contributed by atoms with Crippen LogP contribution in [-0.2, 0) is 11.2 Å². The van der Waals surface area contributed by atoms with Crippen LogP contribution in [0.1, 0.15) is 15.2 Å². The van der Waals surface area contributed by atoms with E-state index in [0.29, 0.717) is 9.90 Å². The summed E-state index contributed by atoms with van der Waals surface area (Å²) >= 11 is 7.57. The van der Waals surface area contributed by atoms with Crippen LogP contribution in [-0.4, -0.2) is 16.8 Å². The highest BCUT2D eigenvalue weighted by Gasteiger charge is 2.17. The Morgan fingerprint density at radius 3 is 2.54 bits per heavy atom. The van der Waals surface area contributed by atoms with E-state index in [2.05, 4.69) is 15.8 Å². The van der Waals surface area contributed by atoms with E-state index < -0.39 is 5.91 Å². The molecule has 0 radical (unpaired) electrons. The highest BCUT2D eigenvalue weighted by molar-refractivity contribution is 7.21. The van der Waals surface area contributed by atoms with E-state index in [-0.39, 0.29) is 12.3 Å². The number of hydrogen-bond donors (Lipinski definition) is 3. The molecule has 0 aliphatic rings. The summed E-state index contributed by atoms with van der Waals surface area (Å²) in [6.45, 7) is 0. The number of para-hydroxylation sites is 1. The van der Waals surface area contributed by atoms with Crippen molar-refractivity contribution in [1.29, 1.82) is 0 Å². The first-order chi connectivity index (χ1) is 12.6. The monoisotopic (exact) mass is 383 g/mol. The number of fused-ring (bicyclic) bond motifs is 2. The smallest absolute Gasteiger partial charge is 0.281 e. The quantitative estimate of drug-likeness (QED) is 0.467. The summed E-state index contributed by atoms with van der Waals surface area (Å²) in [4.78, 5) is 28.0. The molecule has 0 fully saturated rings. The molecular formula is C19H14ClN3O2S. The van der Waals surface area contributed by atoms with Crippen LogP contribution in [0.3, 0.4) is 0 Å². The number of aromatic amines is 1. The summed E-state index contributed by atoms with van der Waals surface area (Å²) in [6, 6.07) is 15.3. The number of H-pyrrole nitrogens is 1. The van der Waals surface area contributed by atoms with Gasteiger partial charge in [-0.15, -0.1) is 11.3 Å². The van der Waals surface area contributed by atoms with Crippen LogP contribution >= 0.6 is 22.9 Å². The van der Waals surface area contributed by atoms with E-state index in [9.17, 15) is 9.59 Å². The van der Waals surface area contributed by atoms with Crippen LogP contribution in [0, 0.1) is 0 Å². The predicted molar refractivity (Wildman–Crippen MR) is 104 cm³/mol. The van der Waals surface area contributed by atoms with E-state index in [1.807, 2.05) is 48.5 Å². The van der Waals surface area contributed by atoms with Gasteiger partial charge in [0.1, 0.15) is 4.88 Å². The van der Waals surface area contributed by atoms with Crippen molar-refractivity contribution in [3.8, 4) is 0 Å². The molecule has 0 atom stereocenters. The zero-order valence-corrected chi connectivity index (χ0v) is 15.1. The lowest BCUT2D eigenvalue weighted by Crippen LogP contribution is -2.42. The number of carbonyl (C=O) groups is 2. The van der Waals surface area contributed by atoms with Gasteiger partial charge in [-0.2, -0.15) is 0 Å². The van der Waals surface area contributed by atoms with Crippen molar-refractivity contribution in [2.45, 2.75) is 6.42 Å². The molecule has 0 saturated carbocycles. The third-order valence-electron chi connectivity index (χ3n) is 4.08. The Morgan fingerprint density at radius 1 is 1.00 bits per heavy atom. The standard InChI is InChI=1S/C19H14ClN3O2S/c20-17-13-6-2-4-8-15(13)26-18(17)19(25)23-22-16(24)9-11-10-21-14-7-3-1-5-12(11)14/h1-8,10,21H,9H2,(H,22,24)(H,23,25). The lowest BCUT2D eigenvalue weighted by Gasteiger charge is -2.06. The van der Waals surface area contributed by atoms with Gasteiger partial charge in [0.05, 0.1) is 11.4 Å². The van der Waals surface area contributed by atoms with Gasteiger partial charge in [-0.25, -0.2) is 0 Å². The molecule has 5 nitrogen and oxygen atoms in total. The van der Waals surface area contributed by atoms with Gasteiger partial charge >= 0.3 is 0 Å². The molecular weight excluding hydrogens is 370 g/mol. The Hall–Kier alpha value is -2.83. The number of rotatable bonds is 3. The van der Waals surface area contributed by atoms with Crippen LogP contribution in [0.5, 0.6) is 0 Å². The minimum Gasteiger partial charge on any atom is -0.361 e. The fourth-order valence-electron chi connectivity index (χ4n) is 2.84. The second-order valence-electron chi connectivity index (χ2n) is 5.78. The van der Waals surface area contributed by atoms with Crippen molar-refractivity contribution in [2.24, 2.45) is 0 Å². The first-order valence-corrected chi connectivity index (χ1v) is 9.14. The lowest BCUT2D eigenvalue weighted by molar-refractivity contribution is -0.121. The first-order valence-electron chi connectivity index (χ1n) is 7.94. The van der Waals surface area contributed by atoms with E-state index in [0.717, 1.165) is 26.6 Å². The Balaban J connectivity index is 1.43. The van der Waals surface area contributed by atoms with Crippen LogP contribution in [0.25, 0.3) is 21.0 Å². The number of nitrogens with one attached hydrogen (secondary N) is 3. The van der Waals surface area contributed by atoms with Crippen molar-refractivity contribution in [3.05, 3.63) is 70.2 Å². The largest absolute Gasteiger partial charge is 0.361 e. The minimum absolute atomic E-state index is 0.157. The molecule has 3 N–H and O–H groups in total. The number of halogens is 1. The van der Waals surface area contributed by atoms with Gasteiger partial charge in [-0.05, 0) is 17.7 Å². The first kappa shape index (κ1) is 16.6. The molecule has 4 rings (SSSR count). The van der Waals surface area contributed by atoms with Gasteiger partial charge in [0.2, 0.25) is 5.91 Å². The summed E-state index contributed by atoms with van der Waals surface area (Å²) in [5.74, 6) is -0.733. The van der Waals surface area contributed by atoms with E-state index in [4.69, 9.17) is 11.6 Å². The van der Waals surface area contributed by atoms with E-state index in [1.54, 1.807) is 6.20 Å². The third kappa shape index (κ3) is 3.05. The molecule has 0 aliphatic heterocycles. The zero-order chi connectivity index (χ0) is 18.1. The van der Waals surface area contributed by atoms with Crippen LogP contribution in [0.15, 0.2) is 54.7 Å². The Bertz CT molecular complexity index is 1130.